The maximum atomic E-state index is 8.40. The first-order valence-corrected chi connectivity index (χ1v) is 1.36. The van der Waals surface area contributed by atoms with Gasteiger partial charge in [0, 0.05) is 0 Å². The van der Waals surface area contributed by atoms with Gasteiger partial charge in [0.05, 0.1) is 17.3 Å². The molecule has 0 rings (SSSR count). The molecule has 0 radical (unpaired) electrons. The van der Waals surface area contributed by atoms with E-state index < -0.39 is 19.2 Å². The van der Waals surface area contributed by atoms with Crippen LogP contribution in [0.3, 0.4) is 0 Å². The molecule has 0 aromatic heterocycles. The van der Waals surface area contributed by atoms with Crippen molar-refractivity contribution in [1.29, 1.82) is 0 Å². The Kier molecular flexibility index (Phi) is 1.16. The van der Waals surface area contributed by atoms with E-state index in [9.17, 15) is 0 Å². The minimum atomic E-state index is -2.90. The van der Waals surface area contributed by atoms with Gasteiger partial charge in [-0.25, -0.2) is 0 Å². The van der Waals surface area contributed by atoms with Crippen molar-refractivity contribution in [3.8, 4) is 0 Å². The standard InChI is InChI=1S/C3H8O3/c4-1-3(6)2-5/h3-6H,1-2H2/i1D2,2+1D/t2-,3+/m0/s1. The highest BCUT2D eigenvalue weighted by Gasteiger charge is 1.93. The summed E-state index contributed by atoms with van der Waals surface area (Å²) in [6, 6.07) is 0. The van der Waals surface area contributed by atoms with Crippen molar-refractivity contribution in [2.75, 3.05) is 13.1 Å². The molecule has 0 spiro atoms. The van der Waals surface area contributed by atoms with Crippen LogP contribution in [0.5, 0.6) is 0 Å². The first kappa shape index (κ1) is 2.26. The molecule has 3 N–H and O–H groups in total. The molecule has 0 aromatic carbocycles. The smallest absolute Gasteiger partial charge is 0.100 e. The molecule has 6 heavy (non-hydrogen) atoms. The Morgan fingerprint density at radius 2 is 2.17 bits per heavy atom. The number of aliphatic hydroxyl groups excluding tert-OH is 2. The van der Waals surface area contributed by atoms with Gasteiger partial charge in [-0.3, -0.25) is 0 Å². The van der Waals surface area contributed by atoms with Crippen molar-refractivity contribution >= 4 is 0 Å². The van der Waals surface area contributed by atoms with E-state index in [1.807, 2.05) is 0 Å². The molecule has 2 atom stereocenters. The highest BCUT2D eigenvalue weighted by molar-refractivity contribution is 4.43. The molecule has 3 heteroatoms. The van der Waals surface area contributed by atoms with E-state index in [4.69, 9.17) is 19.4 Å². The normalized spacial score (nSPS) is 29.5. The zero-order valence-corrected chi connectivity index (χ0v) is 3.00. The molecule has 0 aliphatic heterocycles. The summed E-state index contributed by atoms with van der Waals surface area (Å²) >= 11 is 0. The first-order chi connectivity index (χ1) is 3.85. The molecule has 0 aromatic rings. The third-order valence-electron chi connectivity index (χ3n) is 0.273. The molecule has 0 bridgehead atoms. The molecule has 3 nitrogen and oxygen atoms in total. The van der Waals surface area contributed by atoms with Gasteiger partial charge in [0.25, 0.3) is 0 Å². The van der Waals surface area contributed by atoms with Crippen LogP contribution in [-0.2, 0) is 0 Å². The molecule has 0 aliphatic carbocycles. The van der Waals surface area contributed by atoms with Crippen LogP contribution in [0.15, 0.2) is 0 Å². The van der Waals surface area contributed by atoms with Gasteiger partial charge in [-0.05, 0) is 0 Å². The highest BCUT2D eigenvalue weighted by atomic mass is 16.4. The predicted octanol–water partition coefficient (Wildman–Crippen LogP) is -1.67. The van der Waals surface area contributed by atoms with Crippen LogP contribution in [0.1, 0.15) is 4.11 Å². The zero-order chi connectivity index (χ0) is 7.65. The van der Waals surface area contributed by atoms with Crippen LogP contribution in [0.4, 0.5) is 0 Å². The van der Waals surface area contributed by atoms with E-state index in [1.54, 1.807) is 0 Å². The summed E-state index contributed by atoms with van der Waals surface area (Å²) in [6.45, 7) is -4.91. The quantitative estimate of drug-likeness (QED) is 0.360. The number of hydrogen-bond acceptors (Lipinski definition) is 3. The first-order valence-electron chi connectivity index (χ1n) is 2.94. The second-order valence-corrected chi connectivity index (χ2v) is 0.723. The lowest BCUT2D eigenvalue weighted by molar-refractivity contribution is 0.0450. The molecule has 0 unspecified atom stereocenters. The van der Waals surface area contributed by atoms with Crippen LogP contribution in [0.2, 0.25) is 0 Å². The maximum absolute atomic E-state index is 8.40. The van der Waals surface area contributed by atoms with Gasteiger partial charge < -0.3 is 15.3 Å². The topological polar surface area (TPSA) is 60.7 Å². The third-order valence-corrected chi connectivity index (χ3v) is 0.273. The predicted molar refractivity (Wildman–Crippen MR) is 20.2 cm³/mol. The molecule has 0 saturated carbocycles. The number of hydrogen-bond donors (Lipinski definition) is 3. The van der Waals surface area contributed by atoms with Gasteiger partial charge in [-0.1, -0.05) is 0 Å². The molecule has 0 amide bonds. The van der Waals surface area contributed by atoms with E-state index in [-0.39, 0.29) is 0 Å². The van der Waals surface area contributed by atoms with Crippen LogP contribution in [0, 0.1) is 0 Å². The lowest BCUT2D eigenvalue weighted by Gasteiger charge is -1.96. The second kappa shape index (κ2) is 3.08. The summed E-state index contributed by atoms with van der Waals surface area (Å²) in [5.74, 6) is 0. The fourth-order valence-electron chi connectivity index (χ4n) is 0.0333. The summed E-state index contributed by atoms with van der Waals surface area (Å²) in [5, 5.41) is 24.8. The minimum absolute atomic E-state index is 2.01. The largest absolute Gasteiger partial charge is 0.394 e. The van der Waals surface area contributed by atoms with Crippen molar-refractivity contribution in [1.82, 2.24) is 0 Å². The average molecular weight is 96.1 g/mol. The zero-order valence-electron chi connectivity index (χ0n) is 6.00. The molecular weight excluding hydrogens is 85.0 g/mol. The molecular formula is C3H8O3. The van der Waals surface area contributed by atoms with Gasteiger partial charge in [0.15, 0.2) is 0 Å². The molecule has 38 valence electrons. The van der Waals surface area contributed by atoms with Gasteiger partial charge in [0.1, 0.15) is 6.10 Å². The van der Waals surface area contributed by atoms with Crippen molar-refractivity contribution < 1.29 is 19.4 Å². The van der Waals surface area contributed by atoms with Crippen molar-refractivity contribution in [3.05, 3.63) is 0 Å². The Morgan fingerprint density at radius 3 is 2.17 bits per heavy atom. The molecule has 0 saturated heterocycles. The fraction of sp³-hybridized carbons (Fsp3) is 1.00. The average Bonchev–Trinajstić information content (AvgIpc) is 1.62. The van der Waals surface area contributed by atoms with E-state index in [2.05, 4.69) is 0 Å². The minimum Gasteiger partial charge on any atom is -0.394 e. The van der Waals surface area contributed by atoms with Crippen LogP contribution < -0.4 is 0 Å². The summed E-state index contributed by atoms with van der Waals surface area (Å²) in [7, 11) is 0. The molecule has 0 fully saturated rings. The second-order valence-electron chi connectivity index (χ2n) is 0.723. The highest BCUT2D eigenvalue weighted by Crippen LogP contribution is 1.71. The fourth-order valence-corrected chi connectivity index (χ4v) is 0.0333. The van der Waals surface area contributed by atoms with Crippen LogP contribution in [-0.4, -0.2) is 34.6 Å². The Labute approximate surface area is 40.1 Å². The van der Waals surface area contributed by atoms with Crippen molar-refractivity contribution in [3.63, 3.8) is 0 Å². The van der Waals surface area contributed by atoms with Gasteiger partial charge in [-0.15, -0.1) is 0 Å². The van der Waals surface area contributed by atoms with Crippen LogP contribution in [0.25, 0.3) is 0 Å². The van der Waals surface area contributed by atoms with Gasteiger partial charge >= 0.3 is 0 Å². The number of rotatable bonds is 2. The maximum Gasteiger partial charge on any atom is 0.100 e. The van der Waals surface area contributed by atoms with Gasteiger partial charge in [0.2, 0.25) is 0 Å². The van der Waals surface area contributed by atoms with E-state index >= 15 is 0 Å². The van der Waals surface area contributed by atoms with Crippen molar-refractivity contribution in [2.45, 2.75) is 6.10 Å². The summed E-state index contributed by atoms with van der Waals surface area (Å²) in [4.78, 5) is 0. The Hall–Kier alpha value is -0.120. The number of aliphatic hydroxyl groups is 3. The molecule has 0 aliphatic rings. The lowest BCUT2D eigenvalue weighted by atomic mass is 10.6. The van der Waals surface area contributed by atoms with Crippen molar-refractivity contribution in [2.24, 2.45) is 0 Å². The summed E-state index contributed by atoms with van der Waals surface area (Å²) in [5.41, 5.74) is 0. The Bertz CT molecular complexity index is 88.8. The van der Waals surface area contributed by atoms with Gasteiger partial charge in [-0.2, -0.15) is 0 Å². The van der Waals surface area contributed by atoms with E-state index in [1.165, 1.54) is 0 Å². The summed E-state index contributed by atoms with van der Waals surface area (Å²) < 4.78 is 19.1. The van der Waals surface area contributed by atoms with E-state index in [0.29, 0.717) is 0 Å². The Morgan fingerprint density at radius 1 is 1.67 bits per heavy atom. The third kappa shape index (κ3) is 2.14. The Balaban J connectivity index is 3.88. The van der Waals surface area contributed by atoms with Crippen LogP contribution >= 0.6 is 0 Å². The summed E-state index contributed by atoms with van der Waals surface area (Å²) in [6.07, 6.45) is -2.07. The molecule has 0 heterocycles. The SMILES string of the molecule is [2H][13C@H](O)[C@H](O)C([2H])([2H])O. The monoisotopic (exact) mass is 96.1 g/mol. The lowest BCUT2D eigenvalue weighted by Crippen LogP contribution is -2.15. The van der Waals surface area contributed by atoms with E-state index in [0.717, 1.165) is 0 Å².